The lowest BCUT2D eigenvalue weighted by atomic mass is 9.94. The van der Waals surface area contributed by atoms with Crippen LogP contribution in [-0.4, -0.2) is 30.5 Å². The van der Waals surface area contributed by atoms with E-state index in [4.69, 9.17) is 0 Å². The quantitative estimate of drug-likeness (QED) is 0.753. The second-order valence-electron chi connectivity index (χ2n) is 4.22. The van der Waals surface area contributed by atoms with Crippen LogP contribution < -0.4 is 0 Å². The van der Waals surface area contributed by atoms with Gasteiger partial charge in [0, 0.05) is 11.1 Å². The van der Waals surface area contributed by atoms with Gasteiger partial charge in [0.25, 0.3) is 0 Å². The Morgan fingerprint density at radius 1 is 1.35 bits per heavy atom. The monoisotopic (exact) mass is 354 g/mol. The summed E-state index contributed by atoms with van der Waals surface area (Å²) in [6.45, 7) is -1.42. The van der Waals surface area contributed by atoms with Crippen LogP contribution in [0.3, 0.4) is 0 Å². The van der Waals surface area contributed by atoms with E-state index in [1.165, 1.54) is 0 Å². The lowest BCUT2D eigenvalue weighted by molar-refractivity contribution is -0.174. The molecule has 1 aromatic rings. The average molecular weight is 355 g/mol. The number of carboxylic acids is 1. The molecule has 0 aromatic heterocycles. The number of benzene rings is 1. The maximum absolute atomic E-state index is 11.9. The van der Waals surface area contributed by atoms with Gasteiger partial charge < -0.3 is 9.84 Å². The Morgan fingerprint density at radius 3 is 2.55 bits per heavy atom. The lowest BCUT2D eigenvalue weighted by Gasteiger charge is -2.14. The van der Waals surface area contributed by atoms with E-state index < -0.39 is 24.7 Å². The van der Waals surface area contributed by atoms with Crippen LogP contribution >= 0.6 is 15.9 Å². The maximum atomic E-state index is 11.9. The van der Waals surface area contributed by atoms with Crippen molar-refractivity contribution in [2.75, 3.05) is 13.2 Å². The minimum atomic E-state index is -4.35. The minimum Gasteiger partial charge on any atom is -0.481 e. The van der Waals surface area contributed by atoms with Gasteiger partial charge in [-0.1, -0.05) is 34.1 Å². The first-order chi connectivity index (χ1) is 9.31. The minimum absolute atomic E-state index is 0.117. The summed E-state index contributed by atoms with van der Waals surface area (Å²) in [6, 6.07) is 6.89. The lowest BCUT2D eigenvalue weighted by Crippen LogP contribution is -2.18. The van der Waals surface area contributed by atoms with Crippen molar-refractivity contribution in [2.24, 2.45) is 0 Å². The molecule has 0 bridgehead atoms. The zero-order chi connectivity index (χ0) is 15.2. The highest BCUT2D eigenvalue weighted by Crippen LogP contribution is 2.28. The second-order valence-corrected chi connectivity index (χ2v) is 5.08. The summed E-state index contributed by atoms with van der Waals surface area (Å²) < 4.78 is 40.7. The molecule has 0 saturated heterocycles. The summed E-state index contributed by atoms with van der Waals surface area (Å²) in [4.78, 5) is 11.2. The highest BCUT2D eigenvalue weighted by atomic mass is 79.9. The molecule has 0 radical (unpaired) electrons. The molecule has 1 aromatic carbocycles. The molecule has 7 heteroatoms. The van der Waals surface area contributed by atoms with Crippen molar-refractivity contribution in [1.29, 1.82) is 0 Å². The first-order valence-electron chi connectivity index (χ1n) is 5.93. The molecule has 20 heavy (non-hydrogen) atoms. The van der Waals surface area contributed by atoms with Gasteiger partial charge in [-0.15, -0.1) is 0 Å². The molecule has 0 aliphatic rings. The Labute approximate surface area is 122 Å². The number of carboxylic acid groups (broad SMARTS) is 1. The van der Waals surface area contributed by atoms with Crippen LogP contribution in [0.2, 0.25) is 0 Å². The highest BCUT2D eigenvalue weighted by Gasteiger charge is 2.27. The van der Waals surface area contributed by atoms with Gasteiger partial charge in [0.2, 0.25) is 0 Å². The summed E-state index contributed by atoms with van der Waals surface area (Å²) in [5.41, 5.74) is 0.607. The Hall–Kier alpha value is -1.08. The van der Waals surface area contributed by atoms with E-state index in [9.17, 15) is 23.1 Å². The first-order valence-corrected chi connectivity index (χ1v) is 6.72. The van der Waals surface area contributed by atoms with E-state index in [-0.39, 0.29) is 19.4 Å². The van der Waals surface area contributed by atoms with Crippen molar-refractivity contribution in [1.82, 2.24) is 0 Å². The van der Waals surface area contributed by atoms with E-state index in [2.05, 4.69) is 20.7 Å². The number of ether oxygens (including phenoxy) is 1. The molecule has 1 rings (SSSR count). The van der Waals surface area contributed by atoms with E-state index in [0.717, 1.165) is 0 Å². The third-order valence-electron chi connectivity index (χ3n) is 2.63. The Balaban J connectivity index is 2.50. The number of alkyl halides is 3. The predicted octanol–water partition coefficient (Wildman–Crippen LogP) is 3.98. The van der Waals surface area contributed by atoms with Crippen LogP contribution in [0.5, 0.6) is 0 Å². The summed E-state index contributed by atoms with van der Waals surface area (Å²) in [6.07, 6.45) is -3.89. The van der Waals surface area contributed by atoms with Gasteiger partial charge in [0.15, 0.2) is 0 Å². The summed E-state index contributed by atoms with van der Waals surface area (Å²) in [7, 11) is 0. The number of hydrogen-bond donors (Lipinski definition) is 1. The number of aliphatic carboxylic acids is 1. The number of rotatable bonds is 7. The number of halogens is 4. The SMILES string of the molecule is O=C(O)C(CCCOCC(F)(F)F)c1ccccc1Br. The van der Waals surface area contributed by atoms with Crippen molar-refractivity contribution in [3.05, 3.63) is 34.3 Å². The van der Waals surface area contributed by atoms with Gasteiger partial charge in [-0.25, -0.2) is 0 Å². The third kappa shape index (κ3) is 5.92. The fraction of sp³-hybridized carbons (Fsp3) is 0.462. The molecule has 0 fully saturated rings. The fourth-order valence-electron chi connectivity index (χ4n) is 1.75. The third-order valence-corrected chi connectivity index (χ3v) is 3.35. The normalized spacial score (nSPS) is 13.2. The summed E-state index contributed by atoms with van der Waals surface area (Å²) in [5.74, 6) is -1.77. The van der Waals surface area contributed by atoms with E-state index in [0.29, 0.717) is 10.0 Å². The Kier molecular flexibility index (Phi) is 6.48. The van der Waals surface area contributed by atoms with E-state index in [1.54, 1.807) is 24.3 Å². The first kappa shape index (κ1) is 17.0. The molecule has 0 aliphatic heterocycles. The van der Waals surface area contributed by atoms with Gasteiger partial charge in [-0.05, 0) is 24.5 Å². The molecular weight excluding hydrogens is 341 g/mol. The molecule has 0 amide bonds. The van der Waals surface area contributed by atoms with Gasteiger partial charge in [-0.2, -0.15) is 13.2 Å². The molecule has 0 heterocycles. The van der Waals surface area contributed by atoms with Crippen LogP contribution in [0.1, 0.15) is 24.3 Å². The van der Waals surface area contributed by atoms with Crippen molar-refractivity contribution in [3.63, 3.8) is 0 Å². The predicted molar refractivity (Wildman–Crippen MR) is 70.6 cm³/mol. The second kappa shape index (κ2) is 7.64. The van der Waals surface area contributed by atoms with Gasteiger partial charge in [0.1, 0.15) is 6.61 Å². The Morgan fingerprint density at radius 2 is 2.00 bits per heavy atom. The van der Waals surface area contributed by atoms with Crippen molar-refractivity contribution in [3.8, 4) is 0 Å². The molecule has 0 spiro atoms. The molecule has 1 atom stereocenters. The molecule has 0 saturated carbocycles. The molecule has 112 valence electrons. The van der Waals surface area contributed by atoms with Crippen molar-refractivity contribution < 1.29 is 27.8 Å². The van der Waals surface area contributed by atoms with E-state index >= 15 is 0 Å². The van der Waals surface area contributed by atoms with Gasteiger partial charge in [0.05, 0.1) is 5.92 Å². The van der Waals surface area contributed by atoms with Crippen LogP contribution in [0.4, 0.5) is 13.2 Å². The topological polar surface area (TPSA) is 46.5 Å². The fourth-order valence-corrected chi connectivity index (χ4v) is 2.31. The van der Waals surface area contributed by atoms with Crippen LogP contribution in [0.25, 0.3) is 0 Å². The number of carbonyl (C=O) groups is 1. The van der Waals surface area contributed by atoms with Crippen molar-refractivity contribution in [2.45, 2.75) is 24.9 Å². The molecule has 1 N–H and O–H groups in total. The summed E-state index contributed by atoms with van der Waals surface area (Å²) in [5, 5.41) is 9.20. The Bertz CT molecular complexity index is 449. The molecule has 0 aliphatic carbocycles. The molecule has 1 unspecified atom stereocenters. The average Bonchev–Trinajstić information content (AvgIpc) is 2.33. The van der Waals surface area contributed by atoms with E-state index in [1.807, 2.05) is 0 Å². The molecule has 3 nitrogen and oxygen atoms in total. The largest absolute Gasteiger partial charge is 0.481 e. The smallest absolute Gasteiger partial charge is 0.411 e. The van der Waals surface area contributed by atoms with Crippen LogP contribution in [0, 0.1) is 0 Å². The zero-order valence-corrected chi connectivity index (χ0v) is 12.1. The molecular formula is C13H14BrF3O3. The van der Waals surface area contributed by atoms with Crippen LogP contribution in [-0.2, 0) is 9.53 Å². The standard InChI is InChI=1S/C13H14BrF3O3/c14-11-6-2-1-4-9(11)10(12(18)19)5-3-7-20-8-13(15,16)17/h1-2,4,6,10H,3,5,7-8H2,(H,18,19). The van der Waals surface area contributed by atoms with Crippen molar-refractivity contribution >= 4 is 21.9 Å². The summed E-state index contributed by atoms with van der Waals surface area (Å²) >= 11 is 3.27. The number of hydrogen-bond acceptors (Lipinski definition) is 2. The maximum Gasteiger partial charge on any atom is 0.411 e. The van der Waals surface area contributed by atoms with Gasteiger partial charge >= 0.3 is 12.1 Å². The highest BCUT2D eigenvalue weighted by molar-refractivity contribution is 9.10. The van der Waals surface area contributed by atoms with Crippen LogP contribution in [0.15, 0.2) is 28.7 Å². The zero-order valence-electron chi connectivity index (χ0n) is 10.5. The van der Waals surface area contributed by atoms with Gasteiger partial charge in [-0.3, -0.25) is 4.79 Å².